The Bertz CT molecular complexity index is 745. The van der Waals surface area contributed by atoms with E-state index < -0.39 is 4.92 Å². The first-order valence-electron chi connectivity index (χ1n) is 6.06. The third-order valence-electron chi connectivity index (χ3n) is 2.64. The largest absolute Gasteiger partial charge is 0.455 e. The summed E-state index contributed by atoms with van der Waals surface area (Å²) in [6, 6.07) is 7.47. The molecule has 0 bridgehead atoms. The van der Waals surface area contributed by atoms with Crippen molar-refractivity contribution in [3.05, 3.63) is 51.2 Å². The summed E-state index contributed by atoms with van der Waals surface area (Å²) in [5.74, 6) is 0.857. The van der Waals surface area contributed by atoms with Crippen LogP contribution in [0.4, 0.5) is 5.69 Å². The van der Waals surface area contributed by atoms with Crippen molar-refractivity contribution in [2.75, 3.05) is 7.05 Å². The molecule has 114 valence electrons. The summed E-state index contributed by atoms with van der Waals surface area (Å²) in [6.45, 7) is 0. The number of hydrogen-bond acceptors (Lipinski definition) is 5. The van der Waals surface area contributed by atoms with E-state index in [9.17, 15) is 10.1 Å². The van der Waals surface area contributed by atoms with E-state index in [1.165, 1.54) is 24.4 Å². The van der Waals surface area contributed by atoms with Gasteiger partial charge in [0, 0.05) is 24.7 Å². The predicted octanol–water partition coefficient (Wildman–Crippen LogP) is 2.94. The normalized spacial score (nSPS) is 10.6. The van der Waals surface area contributed by atoms with Crippen LogP contribution in [0.3, 0.4) is 0 Å². The average Bonchev–Trinajstić information content (AvgIpc) is 2.95. The SMILES string of the molecule is CNC(=S)NN=Cc1ccc(-c2cc([N+](=O)[O-])ccc2Cl)o1. The Balaban J connectivity index is 2.23. The standard InChI is InChI=1S/C13H11ClN4O3S/c1-15-13(22)17-16-7-9-3-5-12(21-9)10-6-8(18(19)20)2-4-11(10)14/h2-7H,1H3,(H2,15,17,22). The minimum absolute atomic E-state index is 0.0629. The molecule has 9 heteroatoms. The molecule has 2 N–H and O–H groups in total. The minimum Gasteiger partial charge on any atom is -0.455 e. The number of nitro groups is 1. The van der Waals surface area contributed by atoms with Crippen molar-refractivity contribution in [2.45, 2.75) is 0 Å². The van der Waals surface area contributed by atoms with Crippen LogP contribution >= 0.6 is 23.8 Å². The van der Waals surface area contributed by atoms with E-state index in [-0.39, 0.29) is 5.69 Å². The van der Waals surface area contributed by atoms with Gasteiger partial charge in [-0.25, -0.2) is 0 Å². The summed E-state index contributed by atoms with van der Waals surface area (Å²) in [6.07, 6.45) is 1.43. The van der Waals surface area contributed by atoms with Crippen LogP contribution in [0.1, 0.15) is 5.76 Å². The molecule has 1 aromatic heterocycles. The molecule has 1 heterocycles. The van der Waals surface area contributed by atoms with Crippen LogP contribution in [0.2, 0.25) is 5.02 Å². The van der Waals surface area contributed by atoms with Gasteiger partial charge < -0.3 is 9.73 Å². The van der Waals surface area contributed by atoms with Crippen LogP contribution < -0.4 is 10.7 Å². The lowest BCUT2D eigenvalue weighted by Crippen LogP contribution is -2.28. The Morgan fingerprint density at radius 3 is 2.91 bits per heavy atom. The van der Waals surface area contributed by atoms with Crippen LogP contribution in [0.25, 0.3) is 11.3 Å². The predicted molar refractivity (Wildman–Crippen MR) is 88.2 cm³/mol. The summed E-state index contributed by atoms with van der Waals surface area (Å²) < 4.78 is 5.54. The molecule has 0 spiro atoms. The molecule has 0 radical (unpaired) electrons. The number of nitrogens with one attached hydrogen (secondary N) is 2. The maximum absolute atomic E-state index is 10.8. The van der Waals surface area contributed by atoms with Gasteiger partial charge in [0.2, 0.25) is 0 Å². The summed E-state index contributed by atoms with van der Waals surface area (Å²) in [4.78, 5) is 10.3. The number of non-ortho nitro benzene ring substituents is 1. The fourth-order valence-corrected chi connectivity index (χ4v) is 1.86. The third kappa shape index (κ3) is 3.80. The second kappa shape index (κ2) is 7.01. The molecule has 0 unspecified atom stereocenters. The molecule has 2 aromatic rings. The number of hydrazone groups is 1. The lowest BCUT2D eigenvalue weighted by atomic mass is 10.1. The summed E-state index contributed by atoms with van der Waals surface area (Å²) in [7, 11) is 1.67. The van der Waals surface area contributed by atoms with E-state index in [1.807, 2.05) is 0 Å². The van der Waals surface area contributed by atoms with Gasteiger partial charge in [0.1, 0.15) is 11.5 Å². The lowest BCUT2D eigenvalue weighted by molar-refractivity contribution is -0.384. The highest BCUT2D eigenvalue weighted by atomic mass is 35.5. The van der Waals surface area contributed by atoms with Crippen LogP contribution in [-0.2, 0) is 0 Å². The summed E-state index contributed by atoms with van der Waals surface area (Å²) in [5.41, 5.74) is 2.96. The van der Waals surface area contributed by atoms with Gasteiger partial charge in [-0.3, -0.25) is 15.5 Å². The molecule has 22 heavy (non-hydrogen) atoms. The van der Waals surface area contributed by atoms with Crippen molar-refractivity contribution in [2.24, 2.45) is 5.10 Å². The fraction of sp³-hybridized carbons (Fsp3) is 0.0769. The maximum atomic E-state index is 10.8. The van der Waals surface area contributed by atoms with Crippen LogP contribution in [0.5, 0.6) is 0 Å². The number of thiocarbonyl (C=S) groups is 1. The van der Waals surface area contributed by atoms with Gasteiger partial charge in [0.05, 0.1) is 16.2 Å². The van der Waals surface area contributed by atoms with Crippen molar-refractivity contribution in [3.63, 3.8) is 0 Å². The quantitative estimate of drug-likeness (QED) is 0.385. The summed E-state index contributed by atoms with van der Waals surface area (Å²) in [5, 5.41) is 18.1. The number of hydrogen-bond donors (Lipinski definition) is 2. The van der Waals surface area contributed by atoms with E-state index in [1.54, 1.807) is 19.2 Å². The van der Waals surface area contributed by atoms with Gasteiger partial charge in [-0.05, 0) is 30.4 Å². The first-order chi connectivity index (χ1) is 10.5. The molecule has 0 aliphatic carbocycles. The fourth-order valence-electron chi connectivity index (χ4n) is 1.59. The Morgan fingerprint density at radius 2 is 2.23 bits per heavy atom. The van der Waals surface area contributed by atoms with Crippen LogP contribution in [0.15, 0.2) is 39.9 Å². The molecular weight excluding hydrogens is 328 g/mol. The van der Waals surface area contributed by atoms with Gasteiger partial charge in [-0.1, -0.05) is 11.6 Å². The molecule has 0 aliphatic rings. The van der Waals surface area contributed by atoms with Gasteiger partial charge in [0.15, 0.2) is 5.11 Å². The Labute approximate surface area is 136 Å². The maximum Gasteiger partial charge on any atom is 0.270 e. The van der Waals surface area contributed by atoms with Crippen molar-refractivity contribution in [1.82, 2.24) is 10.7 Å². The highest BCUT2D eigenvalue weighted by Crippen LogP contribution is 2.32. The molecule has 0 aliphatic heterocycles. The zero-order valence-electron chi connectivity index (χ0n) is 11.4. The molecule has 0 saturated heterocycles. The van der Waals surface area contributed by atoms with Crippen molar-refractivity contribution >= 4 is 40.8 Å². The molecule has 0 atom stereocenters. The second-order valence-corrected chi connectivity index (χ2v) is 4.89. The van der Waals surface area contributed by atoms with Gasteiger partial charge >= 0.3 is 0 Å². The average molecular weight is 339 g/mol. The first-order valence-corrected chi connectivity index (χ1v) is 6.85. The van der Waals surface area contributed by atoms with E-state index in [4.69, 9.17) is 28.2 Å². The second-order valence-electron chi connectivity index (χ2n) is 4.07. The zero-order chi connectivity index (χ0) is 16.1. The number of halogens is 1. The molecule has 2 rings (SSSR count). The number of furan rings is 1. The molecule has 7 nitrogen and oxygen atoms in total. The number of rotatable bonds is 4. The molecule has 0 saturated carbocycles. The number of nitro benzene ring substituents is 1. The highest BCUT2D eigenvalue weighted by Gasteiger charge is 2.13. The number of nitrogens with zero attached hydrogens (tertiary/aromatic N) is 2. The Kier molecular flexibility index (Phi) is 5.08. The first kappa shape index (κ1) is 15.9. The molecular formula is C13H11ClN4O3S. The van der Waals surface area contributed by atoms with Crippen molar-refractivity contribution in [1.29, 1.82) is 0 Å². The molecule has 0 amide bonds. The van der Waals surface area contributed by atoms with E-state index in [2.05, 4.69) is 15.8 Å². The summed E-state index contributed by atoms with van der Waals surface area (Å²) >= 11 is 10.9. The van der Waals surface area contributed by atoms with Crippen molar-refractivity contribution in [3.8, 4) is 11.3 Å². The Hall–Kier alpha value is -2.45. The molecule has 1 aromatic carbocycles. The van der Waals surface area contributed by atoms with Gasteiger partial charge in [0.25, 0.3) is 5.69 Å². The molecule has 0 fully saturated rings. The van der Waals surface area contributed by atoms with E-state index in [0.717, 1.165) is 0 Å². The topological polar surface area (TPSA) is 92.7 Å². The highest BCUT2D eigenvalue weighted by molar-refractivity contribution is 7.80. The van der Waals surface area contributed by atoms with Crippen LogP contribution in [-0.4, -0.2) is 23.3 Å². The van der Waals surface area contributed by atoms with E-state index >= 15 is 0 Å². The van der Waals surface area contributed by atoms with Crippen molar-refractivity contribution < 1.29 is 9.34 Å². The third-order valence-corrected chi connectivity index (χ3v) is 3.26. The van der Waals surface area contributed by atoms with Gasteiger partial charge in [-0.2, -0.15) is 5.10 Å². The lowest BCUT2D eigenvalue weighted by Gasteiger charge is -2.00. The smallest absolute Gasteiger partial charge is 0.270 e. The van der Waals surface area contributed by atoms with Gasteiger partial charge in [-0.15, -0.1) is 0 Å². The van der Waals surface area contributed by atoms with Crippen LogP contribution in [0, 0.1) is 10.1 Å². The van der Waals surface area contributed by atoms with E-state index in [0.29, 0.717) is 27.2 Å². The minimum atomic E-state index is -0.492. The monoisotopic (exact) mass is 338 g/mol. The Morgan fingerprint density at radius 1 is 1.45 bits per heavy atom. The zero-order valence-corrected chi connectivity index (χ0v) is 12.9. The number of benzene rings is 1.